The van der Waals surface area contributed by atoms with Crippen molar-refractivity contribution in [3.05, 3.63) is 64.9 Å². The molecule has 0 radical (unpaired) electrons. The van der Waals surface area contributed by atoms with Crippen molar-refractivity contribution in [2.24, 2.45) is 0 Å². The highest BCUT2D eigenvalue weighted by atomic mass is 32.2. The predicted octanol–water partition coefficient (Wildman–Crippen LogP) is 3.45. The lowest BCUT2D eigenvalue weighted by molar-refractivity contribution is 0.305. The van der Waals surface area contributed by atoms with Crippen molar-refractivity contribution in [1.29, 1.82) is 0 Å². The van der Waals surface area contributed by atoms with Gasteiger partial charge in [-0.25, -0.2) is 14.5 Å². The summed E-state index contributed by atoms with van der Waals surface area (Å²) in [7, 11) is 0. The fourth-order valence-electron chi connectivity index (χ4n) is 2.06. The minimum Gasteiger partial charge on any atom is -0.486 e. The highest BCUT2D eigenvalue weighted by Crippen LogP contribution is 2.22. The van der Waals surface area contributed by atoms with E-state index in [2.05, 4.69) is 20.1 Å². The van der Waals surface area contributed by atoms with E-state index >= 15 is 0 Å². The molecule has 24 heavy (non-hydrogen) atoms. The van der Waals surface area contributed by atoms with Crippen LogP contribution in [0.5, 0.6) is 5.75 Å². The predicted molar refractivity (Wildman–Crippen MR) is 93.2 cm³/mol. The van der Waals surface area contributed by atoms with Crippen molar-refractivity contribution >= 4 is 28.9 Å². The third-order valence-electron chi connectivity index (χ3n) is 3.15. The van der Waals surface area contributed by atoms with Gasteiger partial charge in [0.2, 0.25) is 5.16 Å². The molecular weight excluding hydrogens is 342 g/mol. The number of benzene rings is 1. The zero-order valence-electron chi connectivity index (χ0n) is 12.6. The average Bonchev–Trinajstić information content (AvgIpc) is 3.25. The molecule has 0 fully saturated rings. The summed E-state index contributed by atoms with van der Waals surface area (Å²) < 4.78 is 7.38. The van der Waals surface area contributed by atoms with E-state index in [-0.39, 0.29) is 0 Å². The molecule has 4 aromatic rings. The molecule has 0 amide bonds. The lowest BCUT2D eigenvalue weighted by atomic mass is 10.3. The average molecular weight is 355 g/mol. The van der Waals surface area contributed by atoms with Crippen molar-refractivity contribution < 1.29 is 4.74 Å². The Labute approximate surface area is 146 Å². The standard InChI is InChI=1S/C16H13N5OS2/c1-2-5-13(6-3-1)22-9-14-18-12(10-23-14)11-24-16-19-15-17-7-4-8-21(15)20-16/h1-8,10H,9,11H2. The van der Waals surface area contributed by atoms with Gasteiger partial charge in [-0.05, 0) is 18.2 Å². The van der Waals surface area contributed by atoms with Crippen LogP contribution in [0.4, 0.5) is 0 Å². The quantitative estimate of drug-likeness (QED) is 0.494. The first-order valence-corrected chi connectivity index (χ1v) is 9.15. The smallest absolute Gasteiger partial charge is 0.253 e. The van der Waals surface area contributed by atoms with Gasteiger partial charge < -0.3 is 4.74 Å². The molecule has 0 saturated heterocycles. The van der Waals surface area contributed by atoms with E-state index in [0.29, 0.717) is 17.5 Å². The third-order valence-corrected chi connectivity index (χ3v) is 4.89. The number of nitrogens with zero attached hydrogens (tertiary/aromatic N) is 5. The molecule has 120 valence electrons. The van der Waals surface area contributed by atoms with Gasteiger partial charge in [0, 0.05) is 23.5 Å². The van der Waals surface area contributed by atoms with Crippen LogP contribution in [0.15, 0.2) is 59.3 Å². The Bertz CT molecular complexity index is 905. The van der Waals surface area contributed by atoms with Crippen LogP contribution in [-0.2, 0) is 12.4 Å². The number of rotatable bonds is 6. The third kappa shape index (κ3) is 3.55. The van der Waals surface area contributed by atoms with Crippen LogP contribution in [0.25, 0.3) is 5.78 Å². The molecule has 0 unspecified atom stereocenters. The van der Waals surface area contributed by atoms with Crippen LogP contribution < -0.4 is 4.74 Å². The largest absolute Gasteiger partial charge is 0.486 e. The zero-order valence-corrected chi connectivity index (χ0v) is 14.2. The second-order valence-electron chi connectivity index (χ2n) is 4.88. The van der Waals surface area contributed by atoms with Crippen LogP contribution in [0.1, 0.15) is 10.7 Å². The van der Waals surface area contributed by atoms with Gasteiger partial charge in [0.1, 0.15) is 17.4 Å². The first-order valence-electron chi connectivity index (χ1n) is 7.28. The number of thioether (sulfide) groups is 1. The van der Waals surface area contributed by atoms with Crippen LogP contribution in [0.2, 0.25) is 0 Å². The van der Waals surface area contributed by atoms with Gasteiger partial charge in [0.05, 0.1) is 5.69 Å². The lowest BCUT2D eigenvalue weighted by Crippen LogP contribution is -1.95. The SMILES string of the molecule is c1ccc(OCc2nc(CSc3nc4ncccn4n3)cs2)cc1. The molecular formula is C16H13N5OS2. The number of hydrogen-bond acceptors (Lipinski definition) is 7. The molecule has 0 aliphatic heterocycles. The summed E-state index contributed by atoms with van der Waals surface area (Å²) in [5.41, 5.74) is 1.00. The monoisotopic (exact) mass is 355 g/mol. The van der Waals surface area contributed by atoms with Crippen LogP contribution in [0.3, 0.4) is 0 Å². The van der Waals surface area contributed by atoms with Gasteiger partial charge in [0.15, 0.2) is 0 Å². The van der Waals surface area contributed by atoms with E-state index in [0.717, 1.165) is 22.2 Å². The molecule has 0 bridgehead atoms. The van der Waals surface area contributed by atoms with E-state index in [1.165, 1.54) is 0 Å². The Hall–Kier alpha value is -2.45. The van der Waals surface area contributed by atoms with Gasteiger partial charge in [-0.15, -0.1) is 16.4 Å². The Balaban J connectivity index is 1.35. The van der Waals surface area contributed by atoms with Crippen molar-refractivity contribution in [2.45, 2.75) is 17.5 Å². The molecule has 0 aliphatic carbocycles. The van der Waals surface area contributed by atoms with E-state index < -0.39 is 0 Å². The Kier molecular flexibility index (Phi) is 4.39. The molecule has 3 aromatic heterocycles. The van der Waals surface area contributed by atoms with Crippen molar-refractivity contribution in [3.63, 3.8) is 0 Å². The number of para-hydroxylation sites is 1. The topological polar surface area (TPSA) is 65.2 Å². The molecule has 1 aromatic carbocycles. The molecule has 8 heteroatoms. The number of aromatic nitrogens is 5. The summed E-state index contributed by atoms with van der Waals surface area (Å²) >= 11 is 3.15. The summed E-state index contributed by atoms with van der Waals surface area (Å²) in [4.78, 5) is 13.1. The van der Waals surface area contributed by atoms with Crippen LogP contribution in [-0.4, -0.2) is 24.6 Å². The fourth-order valence-corrected chi connectivity index (χ4v) is 3.58. The second-order valence-corrected chi connectivity index (χ2v) is 6.77. The highest BCUT2D eigenvalue weighted by Gasteiger charge is 2.08. The molecule has 4 rings (SSSR count). The first kappa shape index (κ1) is 15.1. The van der Waals surface area contributed by atoms with Gasteiger partial charge >= 0.3 is 0 Å². The molecule has 0 aliphatic rings. The van der Waals surface area contributed by atoms with Crippen molar-refractivity contribution in [3.8, 4) is 5.75 Å². The van der Waals surface area contributed by atoms with Crippen molar-refractivity contribution in [2.75, 3.05) is 0 Å². The summed E-state index contributed by atoms with van der Waals surface area (Å²) in [5, 5.41) is 8.07. The van der Waals surface area contributed by atoms with E-state index in [9.17, 15) is 0 Å². The van der Waals surface area contributed by atoms with Crippen molar-refractivity contribution in [1.82, 2.24) is 24.6 Å². The number of fused-ring (bicyclic) bond motifs is 1. The van der Waals surface area contributed by atoms with E-state index in [4.69, 9.17) is 4.74 Å². The minimum absolute atomic E-state index is 0.482. The number of hydrogen-bond donors (Lipinski definition) is 0. The molecule has 6 nitrogen and oxygen atoms in total. The minimum atomic E-state index is 0.482. The Morgan fingerprint density at radius 2 is 2.04 bits per heavy atom. The summed E-state index contributed by atoms with van der Waals surface area (Å²) in [6.45, 7) is 0.482. The zero-order chi connectivity index (χ0) is 16.2. The summed E-state index contributed by atoms with van der Waals surface area (Å²) in [6, 6.07) is 11.6. The van der Waals surface area contributed by atoms with Crippen LogP contribution in [0, 0.1) is 0 Å². The highest BCUT2D eigenvalue weighted by molar-refractivity contribution is 7.98. The van der Waals surface area contributed by atoms with Gasteiger partial charge in [-0.3, -0.25) is 0 Å². The lowest BCUT2D eigenvalue weighted by Gasteiger charge is -2.02. The first-order chi connectivity index (χ1) is 11.9. The van der Waals surface area contributed by atoms with E-state index in [1.54, 1.807) is 33.8 Å². The maximum atomic E-state index is 5.71. The molecule has 0 spiro atoms. The van der Waals surface area contributed by atoms with Gasteiger partial charge in [-0.1, -0.05) is 30.0 Å². The maximum Gasteiger partial charge on any atom is 0.253 e. The van der Waals surface area contributed by atoms with Gasteiger partial charge in [0.25, 0.3) is 5.78 Å². The fraction of sp³-hybridized carbons (Fsp3) is 0.125. The number of ether oxygens (including phenoxy) is 1. The molecule has 0 saturated carbocycles. The normalized spacial score (nSPS) is 11.0. The molecule has 0 N–H and O–H groups in total. The second kappa shape index (κ2) is 6.98. The van der Waals surface area contributed by atoms with Crippen LogP contribution >= 0.6 is 23.1 Å². The molecule has 0 atom stereocenters. The Morgan fingerprint density at radius 3 is 2.92 bits per heavy atom. The Morgan fingerprint density at radius 1 is 1.12 bits per heavy atom. The maximum absolute atomic E-state index is 5.71. The van der Waals surface area contributed by atoms with Gasteiger partial charge in [-0.2, -0.15) is 4.98 Å². The summed E-state index contributed by atoms with van der Waals surface area (Å²) in [6.07, 6.45) is 3.54. The number of thiazole rings is 1. The summed E-state index contributed by atoms with van der Waals surface area (Å²) in [5.74, 6) is 2.18. The van der Waals surface area contributed by atoms with E-state index in [1.807, 2.05) is 48.0 Å². The molecule has 3 heterocycles.